The molecule has 2 unspecified atom stereocenters. The van der Waals surface area contributed by atoms with Crippen LogP contribution in [-0.4, -0.2) is 34.8 Å². The lowest BCUT2D eigenvalue weighted by molar-refractivity contribution is -0.198. The van der Waals surface area contributed by atoms with Crippen LogP contribution >= 0.6 is 0 Å². The Morgan fingerprint density at radius 1 is 1.50 bits per heavy atom. The third kappa shape index (κ3) is 1.46. The number of nitrogens with two attached hydrogens (primary N) is 1. The molecule has 0 aromatic heterocycles. The lowest BCUT2D eigenvalue weighted by Crippen LogP contribution is -2.51. The average Bonchev–Trinajstić information content (AvgIpc) is 1.82. The molecule has 1 rings (SSSR count). The molecule has 1 aliphatic rings. The van der Waals surface area contributed by atoms with Gasteiger partial charge in [0.1, 0.15) is 0 Å². The van der Waals surface area contributed by atoms with E-state index in [4.69, 9.17) is 15.6 Å². The zero-order valence-electron chi connectivity index (χ0n) is 5.90. The van der Waals surface area contributed by atoms with Gasteiger partial charge in [-0.15, -0.1) is 0 Å². The second-order valence-corrected chi connectivity index (χ2v) is 2.69. The Kier molecular flexibility index (Phi) is 2.25. The highest BCUT2D eigenvalue weighted by atomic mass is 16.6. The predicted molar refractivity (Wildman–Crippen MR) is 35.2 cm³/mol. The number of ether oxygens (including phenoxy) is 1. The van der Waals surface area contributed by atoms with Crippen molar-refractivity contribution in [2.45, 2.75) is 37.9 Å². The van der Waals surface area contributed by atoms with Crippen molar-refractivity contribution in [2.75, 3.05) is 0 Å². The second-order valence-electron chi connectivity index (χ2n) is 2.69. The molecule has 1 heterocycles. The van der Waals surface area contributed by atoms with Crippen molar-refractivity contribution < 1.29 is 14.9 Å². The van der Waals surface area contributed by atoms with Crippen molar-refractivity contribution in [3.05, 3.63) is 0 Å². The first-order valence-electron chi connectivity index (χ1n) is 3.38. The van der Waals surface area contributed by atoms with E-state index in [1.807, 2.05) is 0 Å². The van der Waals surface area contributed by atoms with Gasteiger partial charge in [-0.25, -0.2) is 0 Å². The maximum Gasteiger partial charge on any atom is 0.156 e. The van der Waals surface area contributed by atoms with E-state index in [9.17, 15) is 5.11 Å². The topological polar surface area (TPSA) is 75.7 Å². The van der Waals surface area contributed by atoms with Crippen LogP contribution in [0.5, 0.6) is 0 Å². The Bertz CT molecular complexity index is 108. The van der Waals surface area contributed by atoms with Crippen LogP contribution in [0.1, 0.15) is 13.3 Å². The maximum absolute atomic E-state index is 9.20. The molecule has 60 valence electrons. The lowest BCUT2D eigenvalue weighted by atomic mass is 10.0. The summed E-state index contributed by atoms with van der Waals surface area (Å²) in [5.41, 5.74) is 5.47. The number of rotatable bonds is 0. The summed E-state index contributed by atoms with van der Waals surface area (Å²) >= 11 is 0. The molecule has 4 heteroatoms. The Labute approximate surface area is 59.6 Å². The largest absolute Gasteiger partial charge is 0.389 e. The first kappa shape index (κ1) is 7.94. The minimum Gasteiger partial charge on any atom is -0.389 e. The summed E-state index contributed by atoms with van der Waals surface area (Å²) in [6.45, 7) is 1.69. The van der Waals surface area contributed by atoms with Crippen molar-refractivity contribution in [1.82, 2.24) is 0 Å². The van der Waals surface area contributed by atoms with Crippen molar-refractivity contribution >= 4 is 0 Å². The van der Waals surface area contributed by atoms with E-state index < -0.39 is 12.4 Å². The fourth-order valence-corrected chi connectivity index (χ4v) is 1.10. The first-order chi connectivity index (χ1) is 4.61. The zero-order chi connectivity index (χ0) is 7.72. The number of aliphatic hydroxyl groups excluding tert-OH is 2. The van der Waals surface area contributed by atoms with Gasteiger partial charge in [0.25, 0.3) is 0 Å². The summed E-state index contributed by atoms with van der Waals surface area (Å²) in [5.74, 6) is 0. The molecule has 10 heavy (non-hydrogen) atoms. The fourth-order valence-electron chi connectivity index (χ4n) is 1.10. The molecular weight excluding hydrogens is 134 g/mol. The quantitative estimate of drug-likeness (QED) is 0.402. The standard InChI is InChI=1S/C6H13NO3/c1-3-6(9)4(7)2-5(8)10-3/h3-6,8-9H,2,7H2,1H3/t3?,4-,5?,6-/m1/s1. The minimum absolute atomic E-state index is 0.311. The SMILES string of the molecule is CC1OC(O)C[C@@H](N)[C@@H]1O. The summed E-state index contributed by atoms with van der Waals surface area (Å²) in [6, 6.07) is -0.362. The van der Waals surface area contributed by atoms with Crippen molar-refractivity contribution in [3.8, 4) is 0 Å². The highest BCUT2D eigenvalue weighted by Crippen LogP contribution is 2.16. The van der Waals surface area contributed by atoms with Gasteiger partial charge in [-0.05, 0) is 6.92 Å². The van der Waals surface area contributed by atoms with Crippen LogP contribution in [0, 0.1) is 0 Å². The lowest BCUT2D eigenvalue weighted by Gasteiger charge is -2.33. The highest BCUT2D eigenvalue weighted by molar-refractivity contribution is 4.82. The van der Waals surface area contributed by atoms with Crippen LogP contribution < -0.4 is 5.73 Å². The van der Waals surface area contributed by atoms with Gasteiger partial charge in [0.2, 0.25) is 0 Å². The van der Waals surface area contributed by atoms with Gasteiger partial charge in [-0.2, -0.15) is 0 Å². The molecular formula is C6H13NO3. The van der Waals surface area contributed by atoms with E-state index in [1.165, 1.54) is 0 Å². The molecule has 0 radical (unpaired) electrons. The van der Waals surface area contributed by atoms with E-state index in [-0.39, 0.29) is 12.1 Å². The Morgan fingerprint density at radius 3 is 2.60 bits per heavy atom. The predicted octanol–water partition coefficient (Wildman–Crippen LogP) is -1.20. The summed E-state index contributed by atoms with van der Waals surface area (Å²) in [4.78, 5) is 0. The van der Waals surface area contributed by atoms with E-state index in [0.717, 1.165) is 0 Å². The second kappa shape index (κ2) is 2.84. The van der Waals surface area contributed by atoms with Gasteiger partial charge in [0.05, 0.1) is 12.2 Å². The molecule has 0 amide bonds. The molecule has 0 spiro atoms. The van der Waals surface area contributed by atoms with E-state index >= 15 is 0 Å². The van der Waals surface area contributed by atoms with E-state index in [1.54, 1.807) is 6.92 Å². The fraction of sp³-hybridized carbons (Fsp3) is 1.00. The van der Waals surface area contributed by atoms with E-state index in [0.29, 0.717) is 6.42 Å². The monoisotopic (exact) mass is 147 g/mol. The van der Waals surface area contributed by atoms with Gasteiger partial charge >= 0.3 is 0 Å². The Morgan fingerprint density at radius 2 is 2.10 bits per heavy atom. The third-order valence-corrected chi connectivity index (χ3v) is 1.77. The van der Waals surface area contributed by atoms with Crippen molar-refractivity contribution in [3.63, 3.8) is 0 Å². The third-order valence-electron chi connectivity index (χ3n) is 1.77. The first-order valence-corrected chi connectivity index (χ1v) is 3.38. The number of hydrogen-bond acceptors (Lipinski definition) is 4. The molecule has 0 bridgehead atoms. The Balaban J connectivity index is 2.49. The number of aliphatic hydroxyl groups is 2. The molecule has 1 saturated heterocycles. The average molecular weight is 147 g/mol. The van der Waals surface area contributed by atoms with Gasteiger partial charge in [-0.1, -0.05) is 0 Å². The van der Waals surface area contributed by atoms with Gasteiger partial charge in [0.15, 0.2) is 6.29 Å². The molecule has 0 aromatic rings. The molecule has 0 saturated carbocycles. The summed E-state index contributed by atoms with van der Waals surface area (Å²) in [7, 11) is 0. The molecule has 4 nitrogen and oxygen atoms in total. The Hall–Kier alpha value is -0.160. The van der Waals surface area contributed by atoms with Crippen LogP contribution in [0.2, 0.25) is 0 Å². The smallest absolute Gasteiger partial charge is 0.156 e. The molecule has 4 atom stereocenters. The van der Waals surface area contributed by atoms with Gasteiger partial charge in [0, 0.05) is 12.5 Å². The van der Waals surface area contributed by atoms with Crippen LogP contribution in [-0.2, 0) is 4.74 Å². The maximum atomic E-state index is 9.20. The van der Waals surface area contributed by atoms with Crippen LogP contribution in [0.25, 0.3) is 0 Å². The van der Waals surface area contributed by atoms with Gasteiger partial charge in [-0.3, -0.25) is 0 Å². The molecule has 1 fully saturated rings. The van der Waals surface area contributed by atoms with Crippen LogP contribution in [0.3, 0.4) is 0 Å². The molecule has 4 N–H and O–H groups in total. The van der Waals surface area contributed by atoms with Crippen molar-refractivity contribution in [1.29, 1.82) is 0 Å². The normalized spacial score (nSPS) is 49.2. The van der Waals surface area contributed by atoms with E-state index in [2.05, 4.69) is 0 Å². The van der Waals surface area contributed by atoms with Crippen LogP contribution in [0.4, 0.5) is 0 Å². The van der Waals surface area contributed by atoms with Crippen molar-refractivity contribution in [2.24, 2.45) is 5.73 Å². The van der Waals surface area contributed by atoms with Crippen LogP contribution in [0.15, 0.2) is 0 Å². The minimum atomic E-state index is -0.812. The molecule has 1 aliphatic heterocycles. The summed E-state index contributed by atoms with van der Waals surface area (Å²) < 4.78 is 4.89. The summed E-state index contributed by atoms with van der Waals surface area (Å²) in [6.07, 6.45) is -1.51. The highest BCUT2D eigenvalue weighted by Gasteiger charge is 2.31. The zero-order valence-corrected chi connectivity index (χ0v) is 5.90. The number of hydrogen-bond donors (Lipinski definition) is 3. The summed E-state index contributed by atoms with van der Waals surface area (Å²) in [5, 5.41) is 18.2. The molecule has 0 aromatic carbocycles. The van der Waals surface area contributed by atoms with Gasteiger partial charge < -0.3 is 20.7 Å². The molecule has 0 aliphatic carbocycles.